The predicted octanol–water partition coefficient (Wildman–Crippen LogP) is 2.03. The van der Waals surface area contributed by atoms with E-state index in [9.17, 15) is 9.59 Å². The Morgan fingerprint density at radius 3 is 3.00 bits per heavy atom. The average Bonchev–Trinajstić information content (AvgIpc) is 3.08. The maximum Gasteiger partial charge on any atom is 0.245 e. The van der Waals surface area contributed by atoms with Gasteiger partial charge in [0, 0.05) is 24.4 Å². The zero-order valence-corrected chi connectivity index (χ0v) is 12.6. The number of hydrogen-bond donors (Lipinski definition) is 0. The first-order chi connectivity index (χ1) is 9.70. The van der Waals surface area contributed by atoms with Crippen LogP contribution in [0.4, 0.5) is 0 Å². The molecule has 20 heavy (non-hydrogen) atoms. The van der Waals surface area contributed by atoms with Crippen molar-refractivity contribution in [2.75, 3.05) is 13.1 Å². The molecule has 0 bridgehead atoms. The first-order valence-corrected chi connectivity index (χ1v) is 8.22. The van der Waals surface area contributed by atoms with Crippen molar-refractivity contribution in [3.63, 3.8) is 0 Å². The number of fused-ring (bicyclic) bond motifs is 1. The summed E-state index contributed by atoms with van der Waals surface area (Å²) in [6.07, 6.45) is 3.24. The van der Waals surface area contributed by atoms with E-state index in [1.165, 1.54) is 10.4 Å². The van der Waals surface area contributed by atoms with Gasteiger partial charge in [0.05, 0.1) is 6.54 Å². The Labute approximate surface area is 123 Å². The third-order valence-corrected chi connectivity index (χ3v) is 5.27. The summed E-state index contributed by atoms with van der Waals surface area (Å²) in [4.78, 5) is 29.6. The largest absolute Gasteiger partial charge is 0.335 e. The van der Waals surface area contributed by atoms with Crippen molar-refractivity contribution in [3.05, 3.63) is 21.9 Å². The van der Waals surface area contributed by atoms with Crippen LogP contribution < -0.4 is 0 Å². The van der Waals surface area contributed by atoms with Crippen LogP contribution in [0, 0.1) is 0 Å². The van der Waals surface area contributed by atoms with Crippen molar-refractivity contribution in [3.8, 4) is 0 Å². The van der Waals surface area contributed by atoms with Crippen molar-refractivity contribution in [1.29, 1.82) is 0 Å². The number of nitrogens with zero attached hydrogens (tertiary/aromatic N) is 2. The predicted molar refractivity (Wildman–Crippen MR) is 78.5 cm³/mol. The number of amides is 2. The highest BCUT2D eigenvalue weighted by Gasteiger charge is 2.39. The molecule has 2 aliphatic heterocycles. The Balaban J connectivity index is 1.79. The van der Waals surface area contributed by atoms with Gasteiger partial charge in [0.15, 0.2) is 0 Å². The third-order valence-electron chi connectivity index (χ3n) is 4.32. The monoisotopic (exact) mass is 292 g/mol. The van der Waals surface area contributed by atoms with Crippen molar-refractivity contribution in [2.24, 2.45) is 0 Å². The number of hydrogen-bond acceptors (Lipinski definition) is 3. The molecule has 2 saturated heterocycles. The summed E-state index contributed by atoms with van der Waals surface area (Å²) < 4.78 is 0. The second-order valence-corrected chi connectivity index (χ2v) is 6.48. The van der Waals surface area contributed by atoms with E-state index in [2.05, 4.69) is 18.4 Å². The van der Waals surface area contributed by atoms with E-state index in [4.69, 9.17) is 0 Å². The lowest BCUT2D eigenvalue weighted by Gasteiger charge is -2.25. The van der Waals surface area contributed by atoms with E-state index < -0.39 is 0 Å². The SMILES string of the molecule is CCc1ccsc1CN1CCC(=O)N2CCCC2C1=O. The molecule has 108 valence electrons. The highest BCUT2D eigenvalue weighted by molar-refractivity contribution is 7.10. The molecule has 2 fully saturated rings. The summed E-state index contributed by atoms with van der Waals surface area (Å²) in [5.41, 5.74) is 1.32. The lowest BCUT2D eigenvalue weighted by Crippen LogP contribution is -2.43. The zero-order valence-electron chi connectivity index (χ0n) is 11.8. The second kappa shape index (κ2) is 5.56. The number of thiophene rings is 1. The minimum absolute atomic E-state index is 0.142. The molecule has 0 saturated carbocycles. The van der Waals surface area contributed by atoms with Gasteiger partial charge < -0.3 is 9.80 Å². The summed E-state index contributed by atoms with van der Waals surface area (Å²) in [5, 5.41) is 2.09. The lowest BCUT2D eigenvalue weighted by atomic mass is 10.1. The minimum atomic E-state index is -0.199. The second-order valence-electron chi connectivity index (χ2n) is 5.48. The molecule has 3 heterocycles. The Kier molecular flexibility index (Phi) is 3.78. The number of carbonyl (C=O) groups is 2. The van der Waals surface area contributed by atoms with Crippen molar-refractivity contribution < 1.29 is 9.59 Å². The van der Waals surface area contributed by atoms with Crippen LogP contribution in [0.1, 0.15) is 36.6 Å². The summed E-state index contributed by atoms with van der Waals surface area (Å²) >= 11 is 1.71. The van der Waals surface area contributed by atoms with Crippen LogP contribution in [0.2, 0.25) is 0 Å². The summed E-state index contributed by atoms with van der Waals surface area (Å²) in [6.45, 7) is 4.11. The molecule has 2 aliphatic rings. The molecular formula is C15H20N2O2S. The summed E-state index contributed by atoms with van der Waals surface area (Å²) in [7, 11) is 0. The molecule has 0 spiro atoms. The van der Waals surface area contributed by atoms with Crippen LogP contribution >= 0.6 is 11.3 Å². The number of aryl methyl sites for hydroxylation is 1. The maximum atomic E-state index is 12.6. The van der Waals surface area contributed by atoms with Crippen molar-refractivity contribution >= 4 is 23.2 Å². The molecule has 0 aromatic carbocycles. The minimum Gasteiger partial charge on any atom is -0.335 e. The fourth-order valence-electron chi connectivity index (χ4n) is 3.17. The lowest BCUT2D eigenvalue weighted by molar-refractivity contribution is -0.139. The average molecular weight is 292 g/mol. The van der Waals surface area contributed by atoms with E-state index in [-0.39, 0.29) is 17.9 Å². The van der Waals surface area contributed by atoms with Gasteiger partial charge in [0.1, 0.15) is 6.04 Å². The Morgan fingerprint density at radius 1 is 1.35 bits per heavy atom. The Bertz CT molecular complexity index is 526. The summed E-state index contributed by atoms with van der Waals surface area (Å²) in [5.74, 6) is 0.286. The third kappa shape index (κ3) is 2.35. The van der Waals surface area contributed by atoms with Crippen LogP contribution in [0.15, 0.2) is 11.4 Å². The van der Waals surface area contributed by atoms with Gasteiger partial charge in [-0.2, -0.15) is 0 Å². The fourth-order valence-corrected chi connectivity index (χ4v) is 4.16. The van der Waals surface area contributed by atoms with Gasteiger partial charge in [-0.15, -0.1) is 11.3 Å². The molecule has 5 heteroatoms. The van der Waals surface area contributed by atoms with Gasteiger partial charge in [0.25, 0.3) is 0 Å². The van der Waals surface area contributed by atoms with Gasteiger partial charge in [-0.05, 0) is 36.3 Å². The van der Waals surface area contributed by atoms with E-state index in [1.807, 2.05) is 4.90 Å². The maximum absolute atomic E-state index is 12.6. The van der Waals surface area contributed by atoms with Crippen LogP contribution in [0.25, 0.3) is 0 Å². The van der Waals surface area contributed by atoms with E-state index in [1.54, 1.807) is 16.2 Å². The molecule has 1 atom stereocenters. The highest BCUT2D eigenvalue weighted by Crippen LogP contribution is 2.26. The van der Waals surface area contributed by atoms with E-state index in [0.717, 1.165) is 25.8 Å². The first-order valence-electron chi connectivity index (χ1n) is 7.34. The van der Waals surface area contributed by atoms with Crippen LogP contribution in [-0.4, -0.2) is 40.7 Å². The molecule has 1 aromatic heterocycles. The zero-order chi connectivity index (χ0) is 14.1. The summed E-state index contributed by atoms with van der Waals surface area (Å²) in [6, 6.07) is 1.94. The Hall–Kier alpha value is -1.36. The van der Waals surface area contributed by atoms with Gasteiger partial charge >= 0.3 is 0 Å². The molecule has 2 amide bonds. The van der Waals surface area contributed by atoms with Crippen LogP contribution in [0.3, 0.4) is 0 Å². The molecule has 0 aliphatic carbocycles. The highest BCUT2D eigenvalue weighted by atomic mass is 32.1. The van der Waals surface area contributed by atoms with E-state index >= 15 is 0 Å². The number of carbonyl (C=O) groups excluding carboxylic acids is 2. The molecule has 3 rings (SSSR count). The quantitative estimate of drug-likeness (QED) is 0.855. The molecule has 4 nitrogen and oxygen atoms in total. The number of rotatable bonds is 3. The normalized spacial score (nSPS) is 23.1. The molecule has 1 unspecified atom stereocenters. The van der Waals surface area contributed by atoms with Gasteiger partial charge in [0.2, 0.25) is 11.8 Å². The molecule has 1 aromatic rings. The van der Waals surface area contributed by atoms with E-state index in [0.29, 0.717) is 19.5 Å². The molecule has 0 N–H and O–H groups in total. The topological polar surface area (TPSA) is 40.6 Å². The van der Waals surface area contributed by atoms with Gasteiger partial charge in [-0.3, -0.25) is 9.59 Å². The van der Waals surface area contributed by atoms with Crippen LogP contribution in [0.5, 0.6) is 0 Å². The van der Waals surface area contributed by atoms with Crippen molar-refractivity contribution in [1.82, 2.24) is 9.80 Å². The van der Waals surface area contributed by atoms with Crippen LogP contribution in [-0.2, 0) is 22.6 Å². The van der Waals surface area contributed by atoms with Crippen molar-refractivity contribution in [2.45, 2.75) is 45.2 Å². The molecule has 0 radical (unpaired) electrons. The Morgan fingerprint density at radius 2 is 2.20 bits per heavy atom. The standard InChI is InChI=1S/C15H20N2O2S/c1-2-11-6-9-20-13(11)10-16-8-5-14(18)17-7-3-4-12(17)15(16)19/h6,9,12H,2-5,7-8,10H2,1H3. The smallest absolute Gasteiger partial charge is 0.245 e. The first kappa shape index (κ1) is 13.6. The fraction of sp³-hybridized carbons (Fsp3) is 0.600. The molecular weight excluding hydrogens is 272 g/mol. The van der Waals surface area contributed by atoms with Gasteiger partial charge in [-0.1, -0.05) is 6.92 Å². The van der Waals surface area contributed by atoms with Gasteiger partial charge in [-0.25, -0.2) is 0 Å².